The van der Waals surface area contributed by atoms with Gasteiger partial charge in [-0.1, -0.05) is 0 Å². The van der Waals surface area contributed by atoms with Crippen LogP contribution in [0.15, 0.2) is 18.2 Å². The van der Waals surface area contributed by atoms with E-state index in [0.717, 1.165) is 13.1 Å². The molecule has 1 aliphatic rings. The monoisotopic (exact) mass is 268 g/mol. The molecular weight excluding hydrogens is 247 g/mol. The molecule has 1 aromatic carbocycles. The van der Waals surface area contributed by atoms with Crippen LogP contribution in [-0.4, -0.2) is 44.4 Å². The summed E-state index contributed by atoms with van der Waals surface area (Å²) < 4.78 is 24.6. The zero-order valence-electron chi connectivity index (χ0n) is 11.4. The molecule has 4 nitrogen and oxygen atoms in total. The normalized spacial score (nSPS) is 22.2. The van der Waals surface area contributed by atoms with Crippen molar-refractivity contribution in [3.05, 3.63) is 29.6 Å². The predicted molar refractivity (Wildman–Crippen MR) is 71.7 cm³/mol. The largest absolute Gasteiger partial charge is 0.490 e. The quantitative estimate of drug-likeness (QED) is 0.900. The van der Waals surface area contributed by atoms with Gasteiger partial charge in [0.25, 0.3) is 0 Å². The first-order valence-electron chi connectivity index (χ1n) is 6.54. The van der Waals surface area contributed by atoms with Gasteiger partial charge in [0.05, 0.1) is 6.61 Å². The first-order valence-corrected chi connectivity index (χ1v) is 6.54. The predicted octanol–water partition coefficient (Wildman–Crippen LogP) is 1.55. The third-order valence-electron chi connectivity index (χ3n) is 3.23. The molecule has 0 bridgehead atoms. The van der Waals surface area contributed by atoms with Crippen molar-refractivity contribution in [2.45, 2.75) is 19.1 Å². The average Bonchev–Trinajstić information content (AvgIpc) is 2.37. The van der Waals surface area contributed by atoms with Gasteiger partial charge in [0.2, 0.25) is 0 Å². The molecule has 2 atom stereocenters. The number of hydrogen-bond acceptors (Lipinski definition) is 4. The molecule has 0 aromatic heterocycles. The molecule has 1 aromatic rings. The van der Waals surface area contributed by atoms with Gasteiger partial charge in [-0.15, -0.1) is 0 Å². The van der Waals surface area contributed by atoms with Gasteiger partial charge < -0.3 is 20.1 Å². The average molecular weight is 268 g/mol. The van der Waals surface area contributed by atoms with Gasteiger partial charge in [0, 0.05) is 24.7 Å². The molecule has 2 rings (SSSR count). The summed E-state index contributed by atoms with van der Waals surface area (Å²) in [7, 11) is 2.06. The van der Waals surface area contributed by atoms with E-state index in [-0.39, 0.29) is 18.0 Å². The molecule has 1 heterocycles. The summed E-state index contributed by atoms with van der Waals surface area (Å²) in [6.45, 7) is 4.77. The molecule has 19 heavy (non-hydrogen) atoms. The second-order valence-corrected chi connectivity index (χ2v) is 5.04. The minimum Gasteiger partial charge on any atom is -0.490 e. The molecule has 2 N–H and O–H groups in total. The lowest BCUT2D eigenvalue weighted by atomic mass is 10.1. The van der Waals surface area contributed by atoms with E-state index in [1.54, 1.807) is 6.07 Å². The Bertz CT molecular complexity index is 426. The van der Waals surface area contributed by atoms with E-state index in [4.69, 9.17) is 15.2 Å². The van der Waals surface area contributed by atoms with E-state index in [9.17, 15) is 4.39 Å². The van der Waals surface area contributed by atoms with Gasteiger partial charge in [0.15, 0.2) is 0 Å². The maximum Gasteiger partial charge on any atom is 0.124 e. The molecule has 5 heteroatoms. The van der Waals surface area contributed by atoms with Crippen LogP contribution in [0.5, 0.6) is 5.75 Å². The van der Waals surface area contributed by atoms with Crippen molar-refractivity contribution in [2.24, 2.45) is 5.73 Å². The van der Waals surface area contributed by atoms with E-state index in [0.29, 0.717) is 24.5 Å². The number of hydrogen-bond donors (Lipinski definition) is 1. The van der Waals surface area contributed by atoms with Gasteiger partial charge in [-0.25, -0.2) is 4.39 Å². The number of ether oxygens (including phenoxy) is 2. The van der Waals surface area contributed by atoms with E-state index in [1.807, 2.05) is 6.92 Å². The fourth-order valence-electron chi connectivity index (χ4n) is 2.16. The van der Waals surface area contributed by atoms with E-state index >= 15 is 0 Å². The fourth-order valence-corrected chi connectivity index (χ4v) is 2.16. The number of benzene rings is 1. The molecule has 2 unspecified atom stereocenters. The molecule has 0 radical (unpaired) electrons. The Balaban J connectivity index is 1.99. The highest BCUT2D eigenvalue weighted by Crippen LogP contribution is 2.25. The van der Waals surface area contributed by atoms with Gasteiger partial charge >= 0.3 is 0 Å². The van der Waals surface area contributed by atoms with Gasteiger partial charge in [-0.3, -0.25) is 0 Å². The lowest BCUT2D eigenvalue weighted by Gasteiger charge is -2.30. The number of likely N-dealkylation sites (N-methyl/N-ethyl adjacent to an activating group) is 1. The summed E-state index contributed by atoms with van der Waals surface area (Å²) in [4.78, 5) is 2.20. The topological polar surface area (TPSA) is 47.7 Å². The summed E-state index contributed by atoms with van der Waals surface area (Å²) >= 11 is 0. The summed E-state index contributed by atoms with van der Waals surface area (Å²) in [5, 5.41) is 0. The standard InChI is InChI=1S/C14H21FN2O2/c1-10(16)13-7-11(15)3-4-14(13)19-9-12-8-17(2)5-6-18-12/h3-4,7,10,12H,5-6,8-9,16H2,1-2H3. The number of halogens is 1. The maximum atomic E-state index is 13.2. The molecule has 1 saturated heterocycles. The van der Waals surface area contributed by atoms with Crippen molar-refractivity contribution in [3.63, 3.8) is 0 Å². The van der Waals surface area contributed by atoms with Crippen LogP contribution >= 0.6 is 0 Å². The Kier molecular flexibility index (Phi) is 4.74. The van der Waals surface area contributed by atoms with Crippen molar-refractivity contribution in [1.29, 1.82) is 0 Å². The van der Waals surface area contributed by atoms with Crippen LogP contribution in [0.3, 0.4) is 0 Å². The second-order valence-electron chi connectivity index (χ2n) is 5.04. The molecule has 106 valence electrons. The van der Waals surface area contributed by atoms with Crippen LogP contribution in [-0.2, 0) is 4.74 Å². The van der Waals surface area contributed by atoms with Crippen LogP contribution in [0.2, 0.25) is 0 Å². The zero-order valence-corrected chi connectivity index (χ0v) is 11.4. The highest BCUT2D eigenvalue weighted by molar-refractivity contribution is 5.36. The summed E-state index contributed by atoms with van der Waals surface area (Å²) in [5.74, 6) is 0.335. The summed E-state index contributed by atoms with van der Waals surface area (Å²) in [5.41, 5.74) is 6.51. The summed E-state index contributed by atoms with van der Waals surface area (Å²) in [6, 6.07) is 4.17. The van der Waals surface area contributed by atoms with Crippen LogP contribution in [0.1, 0.15) is 18.5 Å². The number of nitrogens with zero attached hydrogens (tertiary/aromatic N) is 1. The molecule has 1 fully saturated rings. The first-order chi connectivity index (χ1) is 9.06. The van der Waals surface area contributed by atoms with E-state index < -0.39 is 0 Å². The molecule has 1 aliphatic heterocycles. The van der Waals surface area contributed by atoms with Crippen molar-refractivity contribution >= 4 is 0 Å². The third-order valence-corrected chi connectivity index (χ3v) is 3.23. The summed E-state index contributed by atoms with van der Waals surface area (Å²) in [6.07, 6.45) is 0.0460. The van der Waals surface area contributed by atoms with Crippen molar-refractivity contribution in [2.75, 3.05) is 33.4 Å². The van der Waals surface area contributed by atoms with Crippen molar-refractivity contribution < 1.29 is 13.9 Å². The Morgan fingerprint density at radius 3 is 3.05 bits per heavy atom. The van der Waals surface area contributed by atoms with Gasteiger partial charge in [0.1, 0.15) is 24.3 Å². The number of morpholine rings is 1. The molecule has 0 saturated carbocycles. The Morgan fingerprint density at radius 1 is 1.58 bits per heavy atom. The van der Waals surface area contributed by atoms with E-state index in [2.05, 4.69) is 11.9 Å². The van der Waals surface area contributed by atoms with Crippen molar-refractivity contribution in [1.82, 2.24) is 4.90 Å². The second kappa shape index (κ2) is 6.32. The highest BCUT2D eigenvalue weighted by Gasteiger charge is 2.19. The number of nitrogens with two attached hydrogens (primary N) is 1. The Labute approximate surface area is 113 Å². The smallest absolute Gasteiger partial charge is 0.124 e. The maximum absolute atomic E-state index is 13.2. The lowest BCUT2D eigenvalue weighted by molar-refractivity contribution is -0.0405. The third kappa shape index (κ3) is 3.89. The molecule has 0 spiro atoms. The van der Waals surface area contributed by atoms with Gasteiger partial charge in [-0.2, -0.15) is 0 Å². The molecule has 0 amide bonds. The lowest BCUT2D eigenvalue weighted by Crippen LogP contribution is -2.42. The van der Waals surface area contributed by atoms with Gasteiger partial charge in [-0.05, 0) is 32.2 Å². The minimum atomic E-state index is -0.298. The van der Waals surface area contributed by atoms with E-state index in [1.165, 1.54) is 12.1 Å². The van der Waals surface area contributed by atoms with Crippen LogP contribution in [0, 0.1) is 5.82 Å². The SMILES string of the molecule is CC(N)c1cc(F)ccc1OCC1CN(C)CCO1. The Hall–Kier alpha value is -1.17. The van der Waals surface area contributed by atoms with Crippen LogP contribution in [0.25, 0.3) is 0 Å². The Morgan fingerprint density at radius 2 is 2.37 bits per heavy atom. The highest BCUT2D eigenvalue weighted by atomic mass is 19.1. The fraction of sp³-hybridized carbons (Fsp3) is 0.571. The molecule has 0 aliphatic carbocycles. The minimum absolute atomic E-state index is 0.0460. The van der Waals surface area contributed by atoms with Crippen LogP contribution < -0.4 is 10.5 Å². The van der Waals surface area contributed by atoms with Crippen molar-refractivity contribution in [3.8, 4) is 5.75 Å². The first kappa shape index (κ1) is 14.2. The van der Waals surface area contributed by atoms with Crippen LogP contribution in [0.4, 0.5) is 4.39 Å². The zero-order chi connectivity index (χ0) is 13.8. The molecular formula is C14H21FN2O2. The number of rotatable bonds is 4.